The third kappa shape index (κ3) is 2.12. The molecule has 0 amide bonds. The second kappa shape index (κ2) is 4.55. The number of nitro groups is 1. The van der Waals surface area contributed by atoms with Gasteiger partial charge in [0.05, 0.1) is 4.92 Å². The van der Waals surface area contributed by atoms with E-state index in [-0.39, 0.29) is 16.5 Å². The molecule has 0 bridgehead atoms. The highest BCUT2D eigenvalue weighted by atomic mass is 79.9. The van der Waals surface area contributed by atoms with Gasteiger partial charge in [-0.2, -0.15) is 0 Å². The van der Waals surface area contributed by atoms with Gasteiger partial charge in [-0.05, 0) is 18.4 Å². The maximum Gasteiger partial charge on any atom is 0.273 e. The highest BCUT2D eigenvalue weighted by molar-refractivity contribution is 9.09. The Hall–Kier alpha value is -0.900. The molecule has 4 heteroatoms. The van der Waals surface area contributed by atoms with Gasteiger partial charge in [-0.3, -0.25) is 10.1 Å². The van der Waals surface area contributed by atoms with Crippen LogP contribution in [0.1, 0.15) is 24.0 Å². The molecule has 1 unspecified atom stereocenters. The summed E-state index contributed by atoms with van der Waals surface area (Å²) < 4.78 is 0. The van der Waals surface area contributed by atoms with Crippen molar-refractivity contribution < 1.29 is 4.92 Å². The van der Waals surface area contributed by atoms with Gasteiger partial charge in [-0.1, -0.05) is 35.0 Å². The molecule has 1 aromatic carbocycles. The van der Waals surface area contributed by atoms with Crippen LogP contribution in [-0.2, 0) is 0 Å². The third-order valence-corrected chi connectivity index (χ3v) is 3.19. The van der Waals surface area contributed by atoms with Gasteiger partial charge >= 0.3 is 0 Å². The third-order valence-electron chi connectivity index (χ3n) is 2.22. The lowest BCUT2D eigenvalue weighted by atomic mass is 9.96. The Morgan fingerprint density at radius 2 is 2.21 bits per heavy atom. The molecule has 1 atom stereocenters. The van der Waals surface area contributed by atoms with E-state index in [2.05, 4.69) is 15.9 Å². The first kappa shape index (κ1) is 11.2. The fraction of sp³-hybridized carbons (Fsp3) is 0.400. The maximum absolute atomic E-state index is 10.8. The van der Waals surface area contributed by atoms with Crippen molar-refractivity contribution in [2.75, 3.05) is 5.33 Å². The first-order valence-electron chi connectivity index (χ1n) is 4.37. The molecule has 0 aromatic heterocycles. The summed E-state index contributed by atoms with van der Waals surface area (Å²) in [6.07, 6.45) is 0. The van der Waals surface area contributed by atoms with Crippen molar-refractivity contribution in [3.8, 4) is 0 Å². The number of benzene rings is 1. The molecule has 1 aromatic rings. The Morgan fingerprint density at radius 1 is 1.57 bits per heavy atom. The lowest BCUT2D eigenvalue weighted by Crippen LogP contribution is -2.03. The van der Waals surface area contributed by atoms with Crippen LogP contribution >= 0.6 is 15.9 Å². The minimum absolute atomic E-state index is 0.164. The molecule has 0 aliphatic heterocycles. The zero-order chi connectivity index (χ0) is 10.7. The van der Waals surface area contributed by atoms with Crippen molar-refractivity contribution >= 4 is 21.6 Å². The predicted octanol–water partition coefficient (Wildman–Crippen LogP) is 3.40. The van der Waals surface area contributed by atoms with Crippen LogP contribution in [0, 0.1) is 17.0 Å². The number of aryl methyl sites for hydroxylation is 1. The van der Waals surface area contributed by atoms with Gasteiger partial charge in [-0.15, -0.1) is 0 Å². The van der Waals surface area contributed by atoms with E-state index >= 15 is 0 Å². The molecular weight excluding hydrogens is 246 g/mol. The molecule has 0 saturated carbocycles. The molecule has 0 spiro atoms. The normalized spacial score (nSPS) is 12.5. The van der Waals surface area contributed by atoms with Gasteiger partial charge < -0.3 is 0 Å². The topological polar surface area (TPSA) is 43.1 Å². The molecule has 3 nitrogen and oxygen atoms in total. The number of nitrogens with zero attached hydrogens (tertiary/aromatic N) is 1. The molecule has 1 rings (SSSR count). The van der Waals surface area contributed by atoms with Crippen LogP contribution in [0.3, 0.4) is 0 Å². The molecule has 0 aliphatic rings. The van der Waals surface area contributed by atoms with E-state index in [0.29, 0.717) is 0 Å². The quantitative estimate of drug-likeness (QED) is 0.473. The van der Waals surface area contributed by atoms with Crippen molar-refractivity contribution in [3.05, 3.63) is 39.4 Å². The van der Waals surface area contributed by atoms with Crippen LogP contribution in [0.4, 0.5) is 5.69 Å². The van der Waals surface area contributed by atoms with E-state index in [1.165, 1.54) is 0 Å². The molecule has 76 valence electrons. The van der Waals surface area contributed by atoms with E-state index < -0.39 is 0 Å². The van der Waals surface area contributed by atoms with Gasteiger partial charge in [0.25, 0.3) is 5.69 Å². The van der Waals surface area contributed by atoms with E-state index in [1.807, 2.05) is 19.9 Å². The summed E-state index contributed by atoms with van der Waals surface area (Å²) in [4.78, 5) is 10.5. The molecule has 0 fully saturated rings. The van der Waals surface area contributed by atoms with Crippen molar-refractivity contribution in [3.63, 3.8) is 0 Å². The summed E-state index contributed by atoms with van der Waals surface area (Å²) in [6.45, 7) is 3.88. The van der Waals surface area contributed by atoms with E-state index in [0.717, 1.165) is 16.5 Å². The first-order valence-corrected chi connectivity index (χ1v) is 5.50. The van der Waals surface area contributed by atoms with Gasteiger partial charge in [0.1, 0.15) is 0 Å². The molecule has 0 radical (unpaired) electrons. The summed E-state index contributed by atoms with van der Waals surface area (Å²) in [6, 6.07) is 5.18. The summed E-state index contributed by atoms with van der Waals surface area (Å²) >= 11 is 3.35. The van der Waals surface area contributed by atoms with E-state index in [9.17, 15) is 10.1 Å². The van der Waals surface area contributed by atoms with Crippen LogP contribution in [0.25, 0.3) is 0 Å². The summed E-state index contributed by atoms with van der Waals surface area (Å²) in [5.74, 6) is 0.164. The number of alkyl halides is 1. The fourth-order valence-electron chi connectivity index (χ4n) is 1.54. The predicted molar refractivity (Wildman–Crippen MR) is 60.0 cm³/mol. The van der Waals surface area contributed by atoms with Crippen LogP contribution in [0.15, 0.2) is 18.2 Å². The van der Waals surface area contributed by atoms with Crippen LogP contribution < -0.4 is 0 Å². The highest BCUT2D eigenvalue weighted by Gasteiger charge is 2.19. The maximum atomic E-state index is 10.8. The Bertz CT molecular complexity index is 352. The minimum Gasteiger partial charge on any atom is -0.258 e. The Balaban J connectivity index is 3.29. The second-order valence-corrected chi connectivity index (χ2v) is 3.97. The number of rotatable bonds is 3. The summed E-state index contributed by atoms with van der Waals surface area (Å²) in [5.41, 5.74) is 2.03. The lowest BCUT2D eigenvalue weighted by Gasteiger charge is -2.11. The second-order valence-electron chi connectivity index (χ2n) is 3.32. The lowest BCUT2D eigenvalue weighted by molar-refractivity contribution is -0.385. The summed E-state index contributed by atoms with van der Waals surface area (Å²) in [7, 11) is 0. The molecule has 14 heavy (non-hydrogen) atoms. The van der Waals surface area contributed by atoms with Crippen molar-refractivity contribution in [2.24, 2.45) is 0 Å². The van der Waals surface area contributed by atoms with Gasteiger partial charge in [0.2, 0.25) is 0 Å². The molecule has 0 heterocycles. The Kier molecular flexibility index (Phi) is 3.63. The molecular formula is C10H12BrNO2. The van der Waals surface area contributed by atoms with E-state index in [4.69, 9.17) is 0 Å². The Morgan fingerprint density at radius 3 is 2.71 bits per heavy atom. The number of nitro benzene ring substituents is 1. The average Bonchev–Trinajstić information content (AvgIpc) is 2.16. The van der Waals surface area contributed by atoms with Gasteiger partial charge in [0.15, 0.2) is 0 Å². The van der Waals surface area contributed by atoms with E-state index in [1.54, 1.807) is 12.1 Å². The molecule has 0 saturated heterocycles. The van der Waals surface area contributed by atoms with Crippen molar-refractivity contribution in [1.29, 1.82) is 0 Å². The SMILES string of the molecule is Cc1cccc([N+](=O)[O-])c1C(C)CBr. The summed E-state index contributed by atoms with van der Waals surface area (Å²) in [5, 5.41) is 11.5. The molecule has 0 aliphatic carbocycles. The van der Waals surface area contributed by atoms with Gasteiger partial charge in [-0.25, -0.2) is 0 Å². The Labute approximate surface area is 91.4 Å². The van der Waals surface area contributed by atoms with Crippen molar-refractivity contribution in [1.82, 2.24) is 0 Å². The standard InChI is InChI=1S/C10H12BrNO2/c1-7-4-3-5-9(12(13)14)10(7)8(2)6-11/h3-5,8H,6H2,1-2H3. The highest BCUT2D eigenvalue weighted by Crippen LogP contribution is 2.30. The number of hydrogen-bond acceptors (Lipinski definition) is 2. The minimum atomic E-state index is -0.318. The smallest absolute Gasteiger partial charge is 0.258 e. The first-order chi connectivity index (χ1) is 6.57. The van der Waals surface area contributed by atoms with Gasteiger partial charge in [0, 0.05) is 17.0 Å². The largest absolute Gasteiger partial charge is 0.273 e. The van der Waals surface area contributed by atoms with Crippen LogP contribution in [0.2, 0.25) is 0 Å². The number of halogens is 1. The van der Waals surface area contributed by atoms with Crippen molar-refractivity contribution in [2.45, 2.75) is 19.8 Å². The zero-order valence-electron chi connectivity index (χ0n) is 8.16. The molecule has 0 N–H and O–H groups in total. The van der Waals surface area contributed by atoms with Crippen LogP contribution in [-0.4, -0.2) is 10.3 Å². The number of hydrogen-bond donors (Lipinski definition) is 0. The zero-order valence-corrected chi connectivity index (χ0v) is 9.74. The average molecular weight is 258 g/mol. The van der Waals surface area contributed by atoms with Crippen LogP contribution in [0.5, 0.6) is 0 Å². The monoisotopic (exact) mass is 257 g/mol. The fourth-order valence-corrected chi connectivity index (χ4v) is 1.87.